The van der Waals surface area contributed by atoms with E-state index in [1.807, 2.05) is 13.0 Å². The fourth-order valence-electron chi connectivity index (χ4n) is 1.80. The Balaban J connectivity index is 2.35. The smallest absolute Gasteiger partial charge is 0.127 e. The van der Waals surface area contributed by atoms with Crippen LogP contribution in [-0.2, 0) is 0 Å². The predicted molar refractivity (Wildman–Crippen MR) is 65.2 cm³/mol. The summed E-state index contributed by atoms with van der Waals surface area (Å²) in [7, 11) is 0. The maximum Gasteiger partial charge on any atom is 0.127 e. The van der Waals surface area contributed by atoms with Gasteiger partial charge in [-0.15, -0.1) is 0 Å². The molecule has 0 bridgehead atoms. The van der Waals surface area contributed by atoms with Gasteiger partial charge in [0.15, 0.2) is 0 Å². The summed E-state index contributed by atoms with van der Waals surface area (Å²) in [5, 5.41) is 3.29. The standard InChI is InChI=1S/C13H16FN3/c1-3-15-12(13-16-6-7-17-13)10-5-4-9(2)11(14)8-10/h4-8,12,15H,3H2,1-2H3,(H,16,17). The van der Waals surface area contributed by atoms with Gasteiger partial charge in [0.05, 0.1) is 6.04 Å². The Bertz CT molecular complexity index is 479. The Morgan fingerprint density at radius 3 is 2.88 bits per heavy atom. The second-order valence-electron chi connectivity index (χ2n) is 3.97. The molecule has 0 fully saturated rings. The number of hydrogen-bond donors (Lipinski definition) is 2. The van der Waals surface area contributed by atoms with E-state index in [2.05, 4.69) is 15.3 Å². The molecule has 2 rings (SSSR count). The molecule has 1 atom stereocenters. The van der Waals surface area contributed by atoms with Crippen molar-refractivity contribution in [3.05, 3.63) is 53.4 Å². The fourth-order valence-corrected chi connectivity index (χ4v) is 1.80. The van der Waals surface area contributed by atoms with Crippen LogP contribution in [0.3, 0.4) is 0 Å². The second-order valence-corrected chi connectivity index (χ2v) is 3.97. The van der Waals surface area contributed by atoms with E-state index in [0.717, 1.165) is 17.9 Å². The minimum Gasteiger partial charge on any atom is -0.347 e. The average Bonchev–Trinajstić information content (AvgIpc) is 2.83. The molecule has 2 N–H and O–H groups in total. The predicted octanol–water partition coefficient (Wildman–Crippen LogP) is 2.56. The van der Waals surface area contributed by atoms with E-state index in [4.69, 9.17) is 0 Å². The first-order chi connectivity index (χ1) is 8.22. The quantitative estimate of drug-likeness (QED) is 0.852. The summed E-state index contributed by atoms with van der Waals surface area (Å²) in [5.74, 6) is 0.618. The van der Waals surface area contributed by atoms with Crippen LogP contribution in [-0.4, -0.2) is 16.5 Å². The zero-order valence-corrected chi connectivity index (χ0v) is 10.00. The first-order valence-electron chi connectivity index (χ1n) is 5.71. The van der Waals surface area contributed by atoms with Crippen LogP contribution in [0, 0.1) is 12.7 Å². The first kappa shape index (κ1) is 11.8. The molecule has 0 aliphatic heterocycles. The zero-order chi connectivity index (χ0) is 12.3. The summed E-state index contributed by atoms with van der Waals surface area (Å²) in [6.45, 7) is 4.57. The third kappa shape index (κ3) is 2.53. The number of hydrogen-bond acceptors (Lipinski definition) is 2. The lowest BCUT2D eigenvalue weighted by Gasteiger charge is -2.16. The molecule has 1 heterocycles. The van der Waals surface area contributed by atoms with Gasteiger partial charge in [-0.25, -0.2) is 9.37 Å². The topological polar surface area (TPSA) is 40.7 Å². The summed E-state index contributed by atoms with van der Waals surface area (Å²) >= 11 is 0. The van der Waals surface area contributed by atoms with E-state index in [9.17, 15) is 4.39 Å². The number of aryl methyl sites for hydroxylation is 1. The minimum absolute atomic E-state index is 0.0925. The molecular formula is C13H16FN3. The van der Waals surface area contributed by atoms with Gasteiger partial charge < -0.3 is 10.3 Å². The molecule has 0 aliphatic rings. The van der Waals surface area contributed by atoms with Gasteiger partial charge in [-0.3, -0.25) is 0 Å². The number of benzene rings is 1. The highest BCUT2D eigenvalue weighted by Crippen LogP contribution is 2.21. The highest BCUT2D eigenvalue weighted by atomic mass is 19.1. The van der Waals surface area contributed by atoms with Crippen molar-refractivity contribution in [1.82, 2.24) is 15.3 Å². The van der Waals surface area contributed by atoms with Gasteiger partial charge in [0.25, 0.3) is 0 Å². The van der Waals surface area contributed by atoms with E-state index in [0.29, 0.717) is 5.56 Å². The molecule has 0 saturated heterocycles. The maximum atomic E-state index is 13.6. The van der Waals surface area contributed by atoms with Crippen molar-refractivity contribution < 1.29 is 4.39 Å². The highest BCUT2D eigenvalue weighted by molar-refractivity contribution is 5.29. The van der Waals surface area contributed by atoms with Gasteiger partial charge in [0, 0.05) is 12.4 Å². The molecule has 1 aromatic carbocycles. The lowest BCUT2D eigenvalue weighted by atomic mass is 10.0. The van der Waals surface area contributed by atoms with Crippen molar-refractivity contribution in [2.24, 2.45) is 0 Å². The lowest BCUT2D eigenvalue weighted by Crippen LogP contribution is -2.23. The molecule has 0 amide bonds. The van der Waals surface area contributed by atoms with Crippen LogP contribution >= 0.6 is 0 Å². The number of imidazole rings is 1. The number of nitrogens with one attached hydrogen (secondary N) is 2. The van der Waals surface area contributed by atoms with E-state index < -0.39 is 0 Å². The molecule has 0 radical (unpaired) electrons. The van der Waals surface area contributed by atoms with Crippen LogP contribution < -0.4 is 5.32 Å². The normalized spacial score (nSPS) is 12.6. The third-order valence-electron chi connectivity index (χ3n) is 2.73. The molecule has 90 valence electrons. The molecule has 17 heavy (non-hydrogen) atoms. The number of aromatic amines is 1. The Morgan fingerprint density at radius 1 is 1.47 bits per heavy atom. The van der Waals surface area contributed by atoms with Crippen LogP contribution in [0.2, 0.25) is 0 Å². The Hall–Kier alpha value is -1.68. The first-order valence-corrected chi connectivity index (χ1v) is 5.71. The number of H-pyrrole nitrogens is 1. The fraction of sp³-hybridized carbons (Fsp3) is 0.308. The van der Waals surface area contributed by atoms with Gasteiger partial charge >= 0.3 is 0 Å². The molecule has 1 aromatic heterocycles. The van der Waals surface area contributed by atoms with Crippen LogP contribution in [0.5, 0.6) is 0 Å². The van der Waals surface area contributed by atoms with Crippen LogP contribution in [0.1, 0.15) is 29.9 Å². The number of halogens is 1. The summed E-state index contributed by atoms with van der Waals surface area (Å²) in [5.41, 5.74) is 1.54. The molecule has 3 nitrogen and oxygen atoms in total. The highest BCUT2D eigenvalue weighted by Gasteiger charge is 2.16. The SMILES string of the molecule is CCNC(c1ccc(C)c(F)c1)c1ncc[nH]1. The van der Waals surface area contributed by atoms with Crippen molar-refractivity contribution >= 4 is 0 Å². The van der Waals surface area contributed by atoms with Gasteiger partial charge in [0.1, 0.15) is 11.6 Å². The van der Waals surface area contributed by atoms with Crippen molar-refractivity contribution in [3.63, 3.8) is 0 Å². The van der Waals surface area contributed by atoms with E-state index in [1.165, 1.54) is 0 Å². The summed E-state index contributed by atoms with van der Waals surface area (Å²) in [4.78, 5) is 7.28. The molecule has 0 spiro atoms. The number of nitrogens with zero attached hydrogens (tertiary/aromatic N) is 1. The van der Waals surface area contributed by atoms with Gasteiger partial charge in [-0.05, 0) is 30.7 Å². The van der Waals surface area contributed by atoms with Crippen molar-refractivity contribution in [2.75, 3.05) is 6.54 Å². The van der Waals surface area contributed by atoms with E-state index in [1.54, 1.807) is 31.5 Å². The van der Waals surface area contributed by atoms with Gasteiger partial charge in [-0.1, -0.05) is 19.1 Å². The monoisotopic (exact) mass is 233 g/mol. The summed E-state index contributed by atoms with van der Waals surface area (Å²) in [6, 6.07) is 5.18. The molecular weight excluding hydrogens is 217 g/mol. The second kappa shape index (κ2) is 5.10. The summed E-state index contributed by atoms with van der Waals surface area (Å²) < 4.78 is 13.6. The van der Waals surface area contributed by atoms with Crippen LogP contribution in [0.15, 0.2) is 30.6 Å². The van der Waals surface area contributed by atoms with Crippen LogP contribution in [0.4, 0.5) is 4.39 Å². The van der Waals surface area contributed by atoms with Crippen molar-refractivity contribution in [1.29, 1.82) is 0 Å². The Morgan fingerprint density at radius 2 is 2.29 bits per heavy atom. The number of rotatable bonds is 4. The molecule has 4 heteroatoms. The minimum atomic E-state index is -0.183. The average molecular weight is 233 g/mol. The van der Waals surface area contributed by atoms with Crippen molar-refractivity contribution in [3.8, 4) is 0 Å². The van der Waals surface area contributed by atoms with Crippen LogP contribution in [0.25, 0.3) is 0 Å². The molecule has 0 aliphatic carbocycles. The Labute approximate surface area is 100 Å². The zero-order valence-electron chi connectivity index (χ0n) is 10.00. The lowest BCUT2D eigenvalue weighted by molar-refractivity contribution is 0.584. The molecule has 0 saturated carbocycles. The van der Waals surface area contributed by atoms with Gasteiger partial charge in [0.2, 0.25) is 0 Å². The largest absolute Gasteiger partial charge is 0.347 e. The van der Waals surface area contributed by atoms with Crippen molar-refractivity contribution in [2.45, 2.75) is 19.9 Å². The van der Waals surface area contributed by atoms with Gasteiger partial charge in [-0.2, -0.15) is 0 Å². The molecule has 2 aromatic rings. The third-order valence-corrected chi connectivity index (χ3v) is 2.73. The summed E-state index contributed by atoms with van der Waals surface area (Å²) in [6.07, 6.45) is 3.47. The number of aromatic nitrogens is 2. The maximum absolute atomic E-state index is 13.6. The van der Waals surface area contributed by atoms with E-state index >= 15 is 0 Å². The Kier molecular flexibility index (Phi) is 3.54. The van der Waals surface area contributed by atoms with E-state index in [-0.39, 0.29) is 11.9 Å². The molecule has 1 unspecified atom stereocenters.